The summed E-state index contributed by atoms with van der Waals surface area (Å²) in [4.78, 5) is 15.9. The minimum Gasteiger partial charge on any atom is -0.366 e. The van der Waals surface area contributed by atoms with E-state index in [4.69, 9.17) is 5.73 Å². The Labute approximate surface area is 162 Å². The van der Waals surface area contributed by atoms with Crippen LogP contribution in [0, 0.1) is 5.92 Å². The number of hydrogen-bond donors (Lipinski definition) is 2. The SMILES string of the molecule is C[C@@H](CC1CCCCCC1)NCc1ccccc1-c1cc(C(N)=O)ccn1. The summed E-state index contributed by atoms with van der Waals surface area (Å²) < 4.78 is 0. The van der Waals surface area contributed by atoms with Gasteiger partial charge in [0, 0.05) is 29.9 Å². The predicted octanol–water partition coefficient (Wildman–Crippen LogP) is 4.69. The van der Waals surface area contributed by atoms with Gasteiger partial charge in [0.15, 0.2) is 0 Å². The summed E-state index contributed by atoms with van der Waals surface area (Å²) in [5, 5.41) is 3.69. The first-order valence-electron chi connectivity index (χ1n) is 10.2. The van der Waals surface area contributed by atoms with Gasteiger partial charge in [-0.2, -0.15) is 0 Å². The van der Waals surface area contributed by atoms with E-state index in [9.17, 15) is 4.79 Å². The van der Waals surface area contributed by atoms with E-state index in [1.165, 1.54) is 50.5 Å². The van der Waals surface area contributed by atoms with Gasteiger partial charge < -0.3 is 11.1 Å². The number of pyridine rings is 1. The van der Waals surface area contributed by atoms with Crippen LogP contribution in [-0.4, -0.2) is 16.9 Å². The van der Waals surface area contributed by atoms with Crippen LogP contribution >= 0.6 is 0 Å². The van der Waals surface area contributed by atoms with E-state index in [-0.39, 0.29) is 0 Å². The molecule has 1 aromatic carbocycles. The van der Waals surface area contributed by atoms with Gasteiger partial charge in [-0.25, -0.2) is 0 Å². The Hall–Kier alpha value is -2.20. The topological polar surface area (TPSA) is 68.0 Å². The monoisotopic (exact) mass is 365 g/mol. The molecule has 1 aromatic heterocycles. The fourth-order valence-corrected chi connectivity index (χ4v) is 4.12. The van der Waals surface area contributed by atoms with Crippen molar-refractivity contribution < 1.29 is 4.79 Å². The first-order chi connectivity index (χ1) is 13.1. The van der Waals surface area contributed by atoms with Crippen LogP contribution in [0.5, 0.6) is 0 Å². The minimum absolute atomic E-state index is 0.425. The number of hydrogen-bond acceptors (Lipinski definition) is 3. The van der Waals surface area contributed by atoms with Crippen molar-refractivity contribution in [3.63, 3.8) is 0 Å². The second kappa shape index (κ2) is 9.65. The highest BCUT2D eigenvalue weighted by Crippen LogP contribution is 2.27. The zero-order valence-electron chi connectivity index (χ0n) is 16.3. The molecular formula is C23H31N3O. The van der Waals surface area contributed by atoms with E-state index in [0.717, 1.165) is 23.7 Å². The van der Waals surface area contributed by atoms with Gasteiger partial charge in [0.25, 0.3) is 0 Å². The van der Waals surface area contributed by atoms with Crippen molar-refractivity contribution in [1.29, 1.82) is 0 Å². The van der Waals surface area contributed by atoms with Crippen LogP contribution in [0.3, 0.4) is 0 Å². The molecule has 0 aliphatic heterocycles. The van der Waals surface area contributed by atoms with Gasteiger partial charge in [-0.15, -0.1) is 0 Å². The Morgan fingerprint density at radius 3 is 2.67 bits per heavy atom. The lowest BCUT2D eigenvalue weighted by molar-refractivity contribution is 0.1000. The van der Waals surface area contributed by atoms with Crippen LogP contribution in [0.1, 0.15) is 67.8 Å². The zero-order chi connectivity index (χ0) is 19.1. The van der Waals surface area contributed by atoms with Crippen LogP contribution in [0.25, 0.3) is 11.3 Å². The van der Waals surface area contributed by atoms with Crippen molar-refractivity contribution in [2.75, 3.05) is 0 Å². The van der Waals surface area contributed by atoms with E-state index >= 15 is 0 Å². The van der Waals surface area contributed by atoms with E-state index < -0.39 is 5.91 Å². The molecule has 0 bridgehead atoms. The van der Waals surface area contributed by atoms with Crippen LogP contribution in [0.15, 0.2) is 42.6 Å². The second-order valence-electron chi connectivity index (χ2n) is 7.83. The average Bonchev–Trinajstić information content (AvgIpc) is 2.95. The minimum atomic E-state index is -0.425. The number of carbonyl (C=O) groups excluding carboxylic acids is 1. The van der Waals surface area contributed by atoms with E-state index in [2.05, 4.69) is 35.4 Å². The second-order valence-corrected chi connectivity index (χ2v) is 7.83. The first-order valence-corrected chi connectivity index (χ1v) is 10.2. The van der Waals surface area contributed by atoms with Crippen molar-refractivity contribution in [1.82, 2.24) is 10.3 Å². The quantitative estimate of drug-likeness (QED) is 0.700. The summed E-state index contributed by atoms with van der Waals surface area (Å²) in [5.74, 6) is 0.436. The number of nitrogens with one attached hydrogen (secondary N) is 1. The fraction of sp³-hybridized carbons (Fsp3) is 0.478. The summed E-state index contributed by atoms with van der Waals surface area (Å²) in [7, 11) is 0. The molecule has 2 aromatic rings. The number of aromatic nitrogens is 1. The molecule has 1 atom stereocenters. The number of carbonyl (C=O) groups is 1. The maximum absolute atomic E-state index is 11.5. The predicted molar refractivity (Wildman–Crippen MR) is 110 cm³/mol. The maximum atomic E-state index is 11.5. The molecule has 1 aliphatic carbocycles. The van der Waals surface area contributed by atoms with Crippen molar-refractivity contribution in [3.8, 4) is 11.3 Å². The normalized spacial score (nSPS) is 16.6. The maximum Gasteiger partial charge on any atom is 0.248 e. The molecule has 27 heavy (non-hydrogen) atoms. The van der Waals surface area contributed by atoms with Gasteiger partial charge in [0.05, 0.1) is 5.69 Å². The summed E-state index contributed by atoms with van der Waals surface area (Å²) in [6, 6.07) is 12.2. The molecule has 4 nitrogen and oxygen atoms in total. The Morgan fingerprint density at radius 2 is 1.93 bits per heavy atom. The molecule has 4 heteroatoms. The Kier molecular flexibility index (Phi) is 6.99. The molecule has 0 unspecified atom stereocenters. The molecule has 0 radical (unpaired) electrons. The molecule has 1 aliphatic rings. The van der Waals surface area contributed by atoms with Crippen molar-refractivity contribution in [2.45, 2.75) is 64.5 Å². The van der Waals surface area contributed by atoms with Gasteiger partial charge in [-0.1, -0.05) is 62.8 Å². The smallest absolute Gasteiger partial charge is 0.248 e. The third-order valence-corrected chi connectivity index (χ3v) is 5.64. The molecule has 3 rings (SSSR count). The average molecular weight is 366 g/mol. The summed E-state index contributed by atoms with van der Waals surface area (Å²) >= 11 is 0. The molecule has 1 saturated carbocycles. The highest BCUT2D eigenvalue weighted by atomic mass is 16.1. The molecule has 0 spiro atoms. The lowest BCUT2D eigenvalue weighted by Gasteiger charge is -2.21. The lowest BCUT2D eigenvalue weighted by atomic mass is 9.93. The van der Waals surface area contributed by atoms with Crippen molar-refractivity contribution in [3.05, 3.63) is 53.7 Å². The van der Waals surface area contributed by atoms with Crippen molar-refractivity contribution >= 4 is 5.91 Å². The third-order valence-electron chi connectivity index (χ3n) is 5.64. The number of nitrogens with two attached hydrogens (primary N) is 1. The Bertz CT molecular complexity index is 751. The van der Waals surface area contributed by atoms with Gasteiger partial charge >= 0.3 is 0 Å². The molecule has 1 amide bonds. The zero-order valence-corrected chi connectivity index (χ0v) is 16.3. The number of primary amides is 1. The third kappa shape index (κ3) is 5.64. The van der Waals surface area contributed by atoms with Crippen LogP contribution in [-0.2, 0) is 6.54 Å². The van der Waals surface area contributed by atoms with Crippen LogP contribution in [0.2, 0.25) is 0 Å². The Balaban J connectivity index is 1.65. The van der Waals surface area contributed by atoms with E-state index in [1.54, 1.807) is 18.3 Å². The standard InChI is InChI=1S/C23H31N3O/c1-17(14-18-8-4-2-3-5-9-18)26-16-20-10-6-7-11-21(20)22-15-19(23(24)27)12-13-25-22/h6-7,10-13,15,17-18,26H,2-5,8-9,14,16H2,1H3,(H2,24,27)/t17-/m0/s1. The number of nitrogens with zero attached hydrogens (tertiary/aromatic N) is 1. The van der Waals surface area contributed by atoms with Gasteiger partial charge in [-0.3, -0.25) is 9.78 Å². The number of amides is 1. The Morgan fingerprint density at radius 1 is 1.19 bits per heavy atom. The van der Waals surface area contributed by atoms with Crippen LogP contribution < -0.4 is 11.1 Å². The highest BCUT2D eigenvalue weighted by Gasteiger charge is 2.16. The van der Waals surface area contributed by atoms with E-state index in [1.807, 2.05) is 6.07 Å². The number of benzene rings is 1. The fourth-order valence-electron chi connectivity index (χ4n) is 4.12. The molecule has 0 saturated heterocycles. The van der Waals surface area contributed by atoms with Gasteiger partial charge in [0.2, 0.25) is 5.91 Å². The number of rotatable bonds is 7. The molecular weight excluding hydrogens is 334 g/mol. The van der Waals surface area contributed by atoms with Crippen LogP contribution in [0.4, 0.5) is 0 Å². The van der Waals surface area contributed by atoms with E-state index in [0.29, 0.717) is 11.6 Å². The molecule has 1 heterocycles. The summed E-state index contributed by atoms with van der Waals surface area (Å²) in [6.45, 7) is 3.09. The lowest BCUT2D eigenvalue weighted by Crippen LogP contribution is -2.28. The largest absolute Gasteiger partial charge is 0.366 e. The van der Waals surface area contributed by atoms with Gasteiger partial charge in [0.1, 0.15) is 0 Å². The van der Waals surface area contributed by atoms with Crippen molar-refractivity contribution in [2.24, 2.45) is 11.7 Å². The molecule has 3 N–H and O–H groups in total. The molecule has 1 fully saturated rings. The summed E-state index contributed by atoms with van der Waals surface area (Å²) in [6.07, 6.45) is 11.3. The molecule has 144 valence electrons. The summed E-state index contributed by atoms with van der Waals surface area (Å²) in [5.41, 5.74) is 8.94. The highest BCUT2D eigenvalue weighted by molar-refractivity contribution is 5.93. The first kappa shape index (κ1) is 19.6. The van der Waals surface area contributed by atoms with Gasteiger partial charge in [-0.05, 0) is 37.0 Å².